The first-order valence-electron chi connectivity index (χ1n) is 9.12. The molecule has 5 nitrogen and oxygen atoms in total. The summed E-state index contributed by atoms with van der Waals surface area (Å²) >= 11 is 0. The van der Waals surface area contributed by atoms with Crippen molar-refractivity contribution >= 4 is 21.6 Å². The van der Waals surface area contributed by atoms with Crippen molar-refractivity contribution in [2.45, 2.75) is 44.9 Å². The van der Waals surface area contributed by atoms with Gasteiger partial charge < -0.3 is 5.32 Å². The average molecular weight is 389 g/mol. The molecule has 0 atom stereocenters. The quantitative estimate of drug-likeness (QED) is 0.804. The molecule has 0 aliphatic rings. The van der Waals surface area contributed by atoms with E-state index in [-0.39, 0.29) is 16.2 Å². The molecule has 2 rings (SSSR count). The standard InChI is InChI=1S/C21H28N2O3S/c1-6-23(7-2)27(25,26)17-14-12-16(13-15-17)20(24)22-19-11-9-8-10-18(19)21(3,4)5/h8-15H,6-7H2,1-5H3,(H,22,24). The smallest absolute Gasteiger partial charge is 0.255 e. The highest BCUT2D eigenvalue weighted by Crippen LogP contribution is 2.29. The maximum absolute atomic E-state index is 12.6. The van der Waals surface area contributed by atoms with Crippen molar-refractivity contribution in [1.29, 1.82) is 0 Å². The zero-order chi connectivity index (χ0) is 20.2. The maximum atomic E-state index is 12.6. The lowest BCUT2D eigenvalue weighted by molar-refractivity contribution is 0.102. The monoisotopic (exact) mass is 388 g/mol. The van der Waals surface area contributed by atoms with E-state index in [2.05, 4.69) is 26.1 Å². The fourth-order valence-corrected chi connectivity index (χ4v) is 4.39. The van der Waals surface area contributed by atoms with E-state index in [1.54, 1.807) is 26.0 Å². The number of para-hydroxylation sites is 1. The third-order valence-corrected chi connectivity index (χ3v) is 6.51. The van der Waals surface area contributed by atoms with Gasteiger partial charge in [-0.3, -0.25) is 4.79 Å². The number of amides is 1. The van der Waals surface area contributed by atoms with Gasteiger partial charge in [0.05, 0.1) is 4.90 Å². The molecule has 2 aromatic rings. The van der Waals surface area contributed by atoms with Crippen LogP contribution in [0.1, 0.15) is 50.5 Å². The molecule has 1 amide bonds. The second kappa shape index (κ2) is 8.23. The first-order chi connectivity index (χ1) is 12.6. The Morgan fingerprint density at radius 3 is 2.04 bits per heavy atom. The summed E-state index contributed by atoms with van der Waals surface area (Å²) in [5.74, 6) is -0.265. The Morgan fingerprint density at radius 1 is 0.963 bits per heavy atom. The second-order valence-electron chi connectivity index (χ2n) is 7.36. The number of anilines is 1. The highest BCUT2D eigenvalue weighted by Gasteiger charge is 2.22. The normalized spacial score (nSPS) is 12.2. The van der Waals surface area contributed by atoms with E-state index in [9.17, 15) is 13.2 Å². The summed E-state index contributed by atoms with van der Waals surface area (Å²) in [5.41, 5.74) is 2.11. The van der Waals surface area contributed by atoms with Crippen LogP contribution in [-0.4, -0.2) is 31.7 Å². The largest absolute Gasteiger partial charge is 0.322 e. The third-order valence-electron chi connectivity index (χ3n) is 4.44. The van der Waals surface area contributed by atoms with Crippen LogP contribution in [0.5, 0.6) is 0 Å². The average Bonchev–Trinajstić information content (AvgIpc) is 2.62. The van der Waals surface area contributed by atoms with Gasteiger partial charge in [0, 0.05) is 24.3 Å². The molecule has 0 aromatic heterocycles. The fourth-order valence-electron chi connectivity index (χ4n) is 2.93. The topological polar surface area (TPSA) is 66.5 Å². The first kappa shape index (κ1) is 21.1. The van der Waals surface area contributed by atoms with Crippen LogP contribution < -0.4 is 5.32 Å². The molecule has 0 saturated carbocycles. The van der Waals surface area contributed by atoms with Crippen molar-refractivity contribution in [2.75, 3.05) is 18.4 Å². The van der Waals surface area contributed by atoms with Gasteiger partial charge in [-0.2, -0.15) is 4.31 Å². The Labute approximate surface area is 162 Å². The Balaban J connectivity index is 2.25. The Hall–Kier alpha value is -2.18. The minimum absolute atomic E-state index is 0.106. The van der Waals surface area contributed by atoms with Crippen molar-refractivity contribution in [3.05, 3.63) is 59.7 Å². The molecule has 0 saturated heterocycles. The molecule has 0 unspecified atom stereocenters. The summed E-state index contributed by atoms with van der Waals surface area (Å²) in [6, 6.07) is 13.8. The molecule has 0 spiro atoms. The fraction of sp³-hybridized carbons (Fsp3) is 0.381. The summed E-state index contributed by atoms with van der Waals surface area (Å²) in [6.07, 6.45) is 0. The van der Waals surface area contributed by atoms with E-state index in [4.69, 9.17) is 0 Å². The van der Waals surface area contributed by atoms with Crippen LogP contribution >= 0.6 is 0 Å². The third kappa shape index (κ3) is 4.76. The summed E-state index contributed by atoms with van der Waals surface area (Å²) in [5, 5.41) is 2.94. The van der Waals surface area contributed by atoms with Crippen molar-refractivity contribution in [3.63, 3.8) is 0 Å². The van der Waals surface area contributed by atoms with Gasteiger partial charge in [0.2, 0.25) is 10.0 Å². The summed E-state index contributed by atoms with van der Waals surface area (Å²) in [4.78, 5) is 12.8. The minimum atomic E-state index is -3.53. The minimum Gasteiger partial charge on any atom is -0.322 e. The molecule has 0 aliphatic carbocycles. The lowest BCUT2D eigenvalue weighted by Gasteiger charge is -2.23. The number of nitrogens with zero attached hydrogens (tertiary/aromatic N) is 1. The summed E-state index contributed by atoms with van der Waals surface area (Å²) < 4.78 is 26.5. The van der Waals surface area contributed by atoms with Crippen LogP contribution in [0, 0.1) is 0 Å². The Kier molecular flexibility index (Phi) is 6.44. The highest BCUT2D eigenvalue weighted by molar-refractivity contribution is 7.89. The number of hydrogen-bond acceptors (Lipinski definition) is 3. The van der Waals surface area contributed by atoms with Crippen LogP contribution in [0.2, 0.25) is 0 Å². The van der Waals surface area contributed by atoms with Gasteiger partial charge in [-0.15, -0.1) is 0 Å². The predicted molar refractivity (Wildman–Crippen MR) is 110 cm³/mol. The van der Waals surface area contributed by atoms with E-state index in [1.807, 2.05) is 24.3 Å². The van der Waals surface area contributed by atoms with Crippen molar-refractivity contribution in [2.24, 2.45) is 0 Å². The number of carbonyl (C=O) groups is 1. The zero-order valence-corrected chi connectivity index (χ0v) is 17.4. The molecule has 1 N–H and O–H groups in total. The predicted octanol–water partition coefficient (Wildman–Crippen LogP) is 4.27. The number of sulfonamides is 1. The molecule has 2 aromatic carbocycles. The van der Waals surface area contributed by atoms with Crippen LogP contribution in [-0.2, 0) is 15.4 Å². The molecular formula is C21H28N2O3S. The summed E-state index contributed by atoms with van der Waals surface area (Å²) in [7, 11) is -3.53. The van der Waals surface area contributed by atoms with Crippen molar-refractivity contribution in [3.8, 4) is 0 Å². The number of benzene rings is 2. The molecule has 0 heterocycles. The van der Waals surface area contributed by atoms with Crippen LogP contribution in [0.4, 0.5) is 5.69 Å². The Morgan fingerprint density at radius 2 is 1.52 bits per heavy atom. The van der Waals surface area contributed by atoms with Gasteiger partial charge in [0.15, 0.2) is 0 Å². The van der Waals surface area contributed by atoms with Crippen LogP contribution in [0.3, 0.4) is 0 Å². The van der Waals surface area contributed by atoms with Gasteiger partial charge in [0.1, 0.15) is 0 Å². The molecule has 0 fully saturated rings. The number of carbonyl (C=O) groups excluding carboxylic acids is 1. The second-order valence-corrected chi connectivity index (χ2v) is 9.30. The number of nitrogens with one attached hydrogen (secondary N) is 1. The molecule has 6 heteroatoms. The van der Waals surface area contributed by atoms with E-state index in [0.717, 1.165) is 11.3 Å². The van der Waals surface area contributed by atoms with Crippen LogP contribution in [0.25, 0.3) is 0 Å². The summed E-state index contributed by atoms with van der Waals surface area (Å²) in [6.45, 7) is 10.7. The van der Waals surface area contributed by atoms with E-state index in [0.29, 0.717) is 18.7 Å². The molecule has 0 aliphatic heterocycles. The number of rotatable bonds is 6. The SMILES string of the molecule is CCN(CC)S(=O)(=O)c1ccc(C(=O)Nc2ccccc2C(C)(C)C)cc1. The number of hydrogen-bond donors (Lipinski definition) is 1. The van der Waals surface area contributed by atoms with Crippen molar-refractivity contribution < 1.29 is 13.2 Å². The highest BCUT2D eigenvalue weighted by atomic mass is 32.2. The van der Waals surface area contributed by atoms with Gasteiger partial charge in [-0.05, 0) is 41.3 Å². The van der Waals surface area contributed by atoms with E-state index >= 15 is 0 Å². The lowest BCUT2D eigenvalue weighted by atomic mass is 9.86. The van der Waals surface area contributed by atoms with Gasteiger partial charge in [0.25, 0.3) is 5.91 Å². The lowest BCUT2D eigenvalue weighted by Crippen LogP contribution is -2.30. The van der Waals surface area contributed by atoms with Gasteiger partial charge >= 0.3 is 0 Å². The molecule has 0 bridgehead atoms. The first-order valence-corrected chi connectivity index (χ1v) is 10.6. The maximum Gasteiger partial charge on any atom is 0.255 e. The Bertz CT molecular complexity index is 894. The molecule has 0 radical (unpaired) electrons. The molecule has 27 heavy (non-hydrogen) atoms. The molecular weight excluding hydrogens is 360 g/mol. The molecule has 146 valence electrons. The van der Waals surface area contributed by atoms with Gasteiger partial charge in [-0.25, -0.2) is 8.42 Å². The van der Waals surface area contributed by atoms with E-state index in [1.165, 1.54) is 16.4 Å². The van der Waals surface area contributed by atoms with Crippen LogP contribution in [0.15, 0.2) is 53.4 Å². The van der Waals surface area contributed by atoms with Gasteiger partial charge in [-0.1, -0.05) is 52.8 Å². The van der Waals surface area contributed by atoms with Crippen molar-refractivity contribution in [1.82, 2.24) is 4.31 Å². The zero-order valence-electron chi connectivity index (χ0n) is 16.6. The van der Waals surface area contributed by atoms with E-state index < -0.39 is 10.0 Å².